The van der Waals surface area contributed by atoms with E-state index in [2.05, 4.69) is 15.5 Å². The van der Waals surface area contributed by atoms with Gasteiger partial charge in [0.15, 0.2) is 11.5 Å². The van der Waals surface area contributed by atoms with E-state index in [-0.39, 0.29) is 18.8 Å². The number of aliphatic hydroxyl groups is 1. The average molecular weight is 353 g/mol. The number of pyridine rings is 1. The molecular formula is C19H19N3O4. The maximum atomic E-state index is 12.1. The Kier molecular flexibility index (Phi) is 5.60. The van der Waals surface area contributed by atoms with Crippen LogP contribution in [0.2, 0.25) is 0 Å². The van der Waals surface area contributed by atoms with Gasteiger partial charge < -0.3 is 19.7 Å². The van der Waals surface area contributed by atoms with E-state index >= 15 is 0 Å². The minimum atomic E-state index is -0.788. The largest absolute Gasteiger partial charge is 0.484 e. The first kappa shape index (κ1) is 17.6. The van der Waals surface area contributed by atoms with Crippen molar-refractivity contribution in [3.8, 4) is 5.75 Å². The highest BCUT2D eigenvalue weighted by Gasteiger charge is 2.15. The maximum Gasteiger partial charge on any atom is 0.273 e. The van der Waals surface area contributed by atoms with Crippen LogP contribution in [-0.2, 0) is 6.61 Å². The van der Waals surface area contributed by atoms with Crippen LogP contribution in [0.5, 0.6) is 5.75 Å². The van der Waals surface area contributed by atoms with Crippen LogP contribution >= 0.6 is 0 Å². The Hall–Kier alpha value is -3.19. The van der Waals surface area contributed by atoms with Gasteiger partial charge in [-0.1, -0.05) is 35.5 Å². The Bertz CT molecular complexity index is 847. The van der Waals surface area contributed by atoms with Crippen molar-refractivity contribution in [2.45, 2.75) is 19.6 Å². The lowest BCUT2D eigenvalue weighted by molar-refractivity contribution is 0.0907. The molecule has 134 valence electrons. The summed E-state index contributed by atoms with van der Waals surface area (Å²) in [6.45, 7) is 2.11. The summed E-state index contributed by atoms with van der Waals surface area (Å²) in [4.78, 5) is 16.2. The summed E-state index contributed by atoms with van der Waals surface area (Å²) in [5, 5.41) is 16.4. The second kappa shape index (κ2) is 8.26. The zero-order chi connectivity index (χ0) is 18.4. The van der Waals surface area contributed by atoms with Crippen LogP contribution in [0.3, 0.4) is 0 Å². The number of hydrogen-bond donors (Lipinski definition) is 2. The fraction of sp³-hybridized carbons (Fsp3) is 0.211. The molecule has 1 atom stereocenters. The van der Waals surface area contributed by atoms with Crippen molar-refractivity contribution >= 4 is 5.91 Å². The fourth-order valence-corrected chi connectivity index (χ4v) is 2.26. The Morgan fingerprint density at radius 2 is 2.08 bits per heavy atom. The molecule has 2 aromatic heterocycles. The number of aryl methyl sites for hydroxylation is 1. The highest BCUT2D eigenvalue weighted by Crippen LogP contribution is 2.13. The normalized spacial score (nSPS) is 11.8. The Labute approximate surface area is 150 Å². The molecule has 26 heavy (non-hydrogen) atoms. The fourth-order valence-electron chi connectivity index (χ4n) is 2.26. The monoisotopic (exact) mass is 353 g/mol. The van der Waals surface area contributed by atoms with Crippen molar-refractivity contribution < 1.29 is 19.2 Å². The van der Waals surface area contributed by atoms with E-state index in [1.807, 2.05) is 31.2 Å². The smallest absolute Gasteiger partial charge is 0.273 e. The summed E-state index contributed by atoms with van der Waals surface area (Å²) >= 11 is 0. The van der Waals surface area contributed by atoms with E-state index in [4.69, 9.17) is 9.26 Å². The first-order valence-electron chi connectivity index (χ1n) is 8.14. The molecule has 3 rings (SSSR count). The SMILES string of the molecule is Cc1ccc(OCc2cc(C(=O)NC[C@@H](O)c3ccccc3)no2)cn1. The molecule has 2 N–H and O–H groups in total. The molecule has 0 fully saturated rings. The second-order valence-electron chi connectivity index (χ2n) is 5.74. The van der Waals surface area contributed by atoms with Crippen LogP contribution in [0.1, 0.15) is 33.6 Å². The zero-order valence-corrected chi connectivity index (χ0v) is 14.3. The van der Waals surface area contributed by atoms with Gasteiger partial charge in [0.25, 0.3) is 5.91 Å². The molecule has 0 bridgehead atoms. The number of carbonyl (C=O) groups excluding carboxylic acids is 1. The van der Waals surface area contributed by atoms with Gasteiger partial charge in [-0.2, -0.15) is 0 Å². The molecular weight excluding hydrogens is 334 g/mol. The number of ether oxygens (including phenoxy) is 1. The summed E-state index contributed by atoms with van der Waals surface area (Å²) in [5.74, 6) is 0.593. The molecule has 0 saturated heterocycles. The number of benzene rings is 1. The number of nitrogens with zero attached hydrogens (tertiary/aromatic N) is 2. The molecule has 0 aliphatic carbocycles. The molecule has 0 unspecified atom stereocenters. The Morgan fingerprint density at radius 1 is 1.27 bits per heavy atom. The van der Waals surface area contributed by atoms with Crippen molar-refractivity contribution in [2.75, 3.05) is 6.54 Å². The Morgan fingerprint density at radius 3 is 2.81 bits per heavy atom. The number of aromatic nitrogens is 2. The lowest BCUT2D eigenvalue weighted by Gasteiger charge is -2.11. The van der Waals surface area contributed by atoms with E-state index in [1.165, 1.54) is 6.07 Å². The minimum Gasteiger partial charge on any atom is -0.484 e. The number of hydrogen-bond acceptors (Lipinski definition) is 6. The van der Waals surface area contributed by atoms with Crippen LogP contribution in [0.4, 0.5) is 0 Å². The van der Waals surface area contributed by atoms with Crippen LogP contribution in [0.25, 0.3) is 0 Å². The van der Waals surface area contributed by atoms with E-state index in [0.29, 0.717) is 11.5 Å². The van der Waals surface area contributed by atoms with Crippen molar-refractivity contribution in [3.63, 3.8) is 0 Å². The van der Waals surface area contributed by atoms with Gasteiger partial charge in [0, 0.05) is 18.3 Å². The summed E-state index contributed by atoms with van der Waals surface area (Å²) < 4.78 is 10.6. The Balaban J connectivity index is 1.50. The van der Waals surface area contributed by atoms with E-state index in [0.717, 1.165) is 11.3 Å². The number of aliphatic hydroxyl groups excluding tert-OH is 1. The van der Waals surface area contributed by atoms with Crippen LogP contribution in [0.15, 0.2) is 59.3 Å². The predicted molar refractivity (Wildman–Crippen MR) is 93.5 cm³/mol. The molecule has 1 amide bonds. The van der Waals surface area contributed by atoms with E-state index in [9.17, 15) is 9.90 Å². The molecule has 7 heteroatoms. The molecule has 0 saturated carbocycles. The van der Waals surface area contributed by atoms with Gasteiger partial charge in [-0.25, -0.2) is 0 Å². The maximum absolute atomic E-state index is 12.1. The van der Waals surface area contributed by atoms with Gasteiger partial charge in [-0.15, -0.1) is 0 Å². The number of carbonyl (C=O) groups is 1. The molecule has 3 aromatic rings. The molecule has 2 heterocycles. The van der Waals surface area contributed by atoms with Gasteiger partial charge >= 0.3 is 0 Å². The number of nitrogens with one attached hydrogen (secondary N) is 1. The van der Waals surface area contributed by atoms with Gasteiger partial charge in [0.05, 0.1) is 12.3 Å². The molecule has 0 aliphatic rings. The lowest BCUT2D eigenvalue weighted by atomic mass is 10.1. The summed E-state index contributed by atoms with van der Waals surface area (Å²) in [5.41, 5.74) is 1.76. The van der Waals surface area contributed by atoms with Crippen LogP contribution in [-0.4, -0.2) is 27.7 Å². The molecule has 1 aromatic carbocycles. The van der Waals surface area contributed by atoms with E-state index in [1.54, 1.807) is 24.4 Å². The van der Waals surface area contributed by atoms with Crippen molar-refractivity contribution in [1.82, 2.24) is 15.5 Å². The van der Waals surface area contributed by atoms with Crippen molar-refractivity contribution in [3.05, 3.63) is 77.4 Å². The third kappa shape index (κ3) is 4.67. The highest BCUT2D eigenvalue weighted by molar-refractivity contribution is 5.92. The molecule has 7 nitrogen and oxygen atoms in total. The summed E-state index contributed by atoms with van der Waals surface area (Å²) in [6.07, 6.45) is 0.827. The van der Waals surface area contributed by atoms with Crippen molar-refractivity contribution in [2.24, 2.45) is 0 Å². The minimum absolute atomic E-state index is 0.0799. The summed E-state index contributed by atoms with van der Waals surface area (Å²) in [7, 11) is 0. The molecule has 0 radical (unpaired) electrons. The molecule has 0 aliphatic heterocycles. The van der Waals surface area contributed by atoms with Crippen molar-refractivity contribution in [1.29, 1.82) is 0 Å². The van der Waals surface area contributed by atoms with Gasteiger partial charge in [-0.3, -0.25) is 9.78 Å². The zero-order valence-electron chi connectivity index (χ0n) is 14.3. The third-order valence-corrected chi connectivity index (χ3v) is 3.70. The average Bonchev–Trinajstić information content (AvgIpc) is 3.15. The quantitative estimate of drug-likeness (QED) is 0.677. The number of amides is 1. The van der Waals surface area contributed by atoms with Gasteiger partial charge in [-0.05, 0) is 24.6 Å². The van der Waals surface area contributed by atoms with Gasteiger partial charge in [0.1, 0.15) is 12.4 Å². The third-order valence-electron chi connectivity index (χ3n) is 3.70. The number of rotatable bonds is 7. The first-order chi connectivity index (χ1) is 12.6. The molecule has 0 spiro atoms. The van der Waals surface area contributed by atoms with Crippen LogP contribution < -0.4 is 10.1 Å². The van der Waals surface area contributed by atoms with Crippen LogP contribution in [0, 0.1) is 6.92 Å². The van der Waals surface area contributed by atoms with E-state index < -0.39 is 12.0 Å². The summed E-state index contributed by atoms with van der Waals surface area (Å²) in [6, 6.07) is 14.3. The topological polar surface area (TPSA) is 97.5 Å². The first-order valence-corrected chi connectivity index (χ1v) is 8.14. The highest BCUT2D eigenvalue weighted by atomic mass is 16.5. The second-order valence-corrected chi connectivity index (χ2v) is 5.74. The lowest BCUT2D eigenvalue weighted by Crippen LogP contribution is -2.28. The van der Waals surface area contributed by atoms with Gasteiger partial charge in [0.2, 0.25) is 0 Å². The predicted octanol–water partition coefficient (Wildman–Crippen LogP) is 2.42. The standard InChI is InChI=1S/C19H19N3O4/c1-13-7-8-15(10-20-13)25-12-16-9-17(22-26-16)19(24)21-11-18(23)14-5-3-2-4-6-14/h2-10,18,23H,11-12H2,1H3,(H,21,24)/t18-/m1/s1.